The second kappa shape index (κ2) is 21.3. The van der Waals surface area contributed by atoms with Crippen molar-refractivity contribution in [3.63, 3.8) is 0 Å². The van der Waals surface area contributed by atoms with Crippen LogP contribution in [-0.2, 0) is 28.8 Å². The zero-order chi connectivity index (χ0) is 31.4. The Hall–Kier alpha value is -3.42. The Morgan fingerprint density at radius 1 is 0.585 bits per heavy atom. The van der Waals surface area contributed by atoms with Crippen molar-refractivity contribution in [2.75, 3.05) is 39.5 Å². The van der Waals surface area contributed by atoms with Crippen molar-refractivity contribution in [3.05, 3.63) is 0 Å². The number of carbonyl (C=O) groups excluding carboxylic acids is 5. The van der Waals surface area contributed by atoms with Crippen LogP contribution in [0.25, 0.3) is 0 Å². The summed E-state index contributed by atoms with van der Waals surface area (Å²) in [4.78, 5) is 73.4. The third kappa shape index (κ3) is 15.2. The summed E-state index contributed by atoms with van der Waals surface area (Å²) in [5, 5.41) is 48.4. The fourth-order valence-electron chi connectivity index (χ4n) is 3.34. The van der Waals surface area contributed by atoms with E-state index in [1.807, 2.05) is 0 Å². The number of aliphatic hydroxyl groups excluding tert-OH is 3. The molecule has 5 unspecified atom stereocenters. The fourth-order valence-corrected chi connectivity index (χ4v) is 3.34. The smallest absolute Gasteiger partial charge is 0.326 e. The van der Waals surface area contributed by atoms with Gasteiger partial charge in [0.15, 0.2) is 0 Å². The van der Waals surface area contributed by atoms with Crippen LogP contribution in [0.1, 0.15) is 38.5 Å². The molecule has 0 spiro atoms. The molecule has 5 amide bonds. The van der Waals surface area contributed by atoms with Gasteiger partial charge in [0.05, 0.1) is 26.4 Å². The average Bonchev–Trinajstić information content (AvgIpc) is 2.95. The van der Waals surface area contributed by atoms with Crippen LogP contribution in [0.3, 0.4) is 0 Å². The maximum atomic E-state index is 12.8. The number of rotatable bonds is 22. The van der Waals surface area contributed by atoms with Crippen LogP contribution < -0.4 is 43.8 Å². The van der Waals surface area contributed by atoms with Crippen LogP contribution in [0.5, 0.6) is 0 Å². The number of nitrogens with two attached hydrogens (primary N) is 3. The molecule has 5 atom stereocenters. The molecule has 236 valence electrons. The molecule has 0 aromatic rings. The summed E-state index contributed by atoms with van der Waals surface area (Å²) < 4.78 is 0. The topological polar surface area (TPSA) is 322 Å². The number of amides is 5. The molecule has 0 aromatic carbocycles. The van der Waals surface area contributed by atoms with E-state index in [9.17, 15) is 44.1 Å². The van der Waals surface area contributed by atoms with Crippen LogP contribution in [0.4, 0.5) is 0 Å². The van der Waals surface area contributed by atoms with Crippen molar-refractivity contribution in [1.29, 1.82) is 0 Å². The van der Waals surface area contributed by atoms with Crippen molar-refractivity contribution in [3.8, 4) is 0 Å². The number of aliphatic hydroxyl groups is 3. The fraction of sp³-hybridized carbons (Fsp3) is 0.739. The quantitative estimate of drug-likeness (QED) is 0.0521. The van der Waals surface area contributed by atoms with Gasteiger partial charge in [-0.25, -0.2) is 4.79 Å². The van der Waals surface area contributed by atoms with E-state index >= 15 is 0 Å². The van der Waals surface area contributed by atoms with Crippen LogP contribution in [0, 0.1) is 0 Å². The first-order chi connectivity index (χ1) is 19.4. The lowest BCUT2D eigenvalue weighted by Crippen LogP contribution is -2.58. The van der Waals surface area contributed by atoms with Gasteiger partial charge in [0, 0.05) is 0 Å². The van der Waals surface area contributed by atoms with Crippen LogP contribution in [0.15, 0.2) is 0 Å². The Labute approximate surface area is 237 Å². The Morgan fingerprint density at radius 2 is 1.05 bits per heavy atom. The predicted molar refractivity (Wildman–Crippen MR) is 143 cm³/mol. The van der Waals surface area contributed by atoms with Crippen LogP contribution in [-0.4, -0.2) is 126 Å². The molecule has 0 saturated heterocycles. The minimum Gasteiger partial charge on any atom is -0.480 e. The highest BCUT2D eigenvalue weighted by molar-refractivity contribution is 5.95. The van der Waals surface area contributed by atoms with Crippen molar-refractivity contribution in [2.24, 2.45) is 17.2 Å². The SMILES string of the molecule is NCCCCC(NC(=O)C(CCCCN)NC(=O)CNC(=O)C(CO)NC(=O)C(CO)NC(=O)C(N)CO)C(=O)O. The minimum absolute atomic E-state index is 0.140. The molecular formula is C23H44N8O10. The van der Waals surface area contributed by atoms with Crippen molar-refractivity contribution in [1.82, 2.24) is 26.6 Å². The molecule has 0 aromatic heterocycles. The molecule has 15 N–H and O–H groups in total. The summed E-state index contributed by atoms with van der Waals surface area (Å²) in [7, 11) is 0. The van der Waals surface area contributed by atoms with E-state index in [1.165, 1.54) is 0 Å². The van der Waals surface area contributed by atoms with E-state index in [0.717, 1.165) is 0 Å². The zero-order valence-corrected chi connectivity index (χ0v) is 22.8. The lowest BCUT2D eigenvalue weighted by Gasteiger charge is -2.23. The number of nitrogens with one attached hydrogen (secondary N) is 5. The van der Waals surface area contributed by atoms with E-state index < -0.39 is 92.1 Å². The third-order valence-corrected chi connectivity index (χ3v) is 5.75. The summed E-state index contributed by atoms with van der Waals surface area (Å²) in [5.41, 5.74) is 16.2. The van der Waals surface area contributed by atoms with Crippen LogP contribution in [0.2, 0.25) is 0 Å². The number of aliphatic carboxylic acids is 1. The molecule has 18 heteroatoms. The van der Waals surface area contributed by atoms with Gasteiger partial charge in [-0.3, -0.25) is 24.0 Å². The molecule has 0 rings (SSSR count). The third-order valence-electron chi connectivity index (χ3n) is 5.75. The normalized spacial score (nSPS) is 14.5. The molecule has 0 fully saturated rings. The van der Waals surface area contributed by atoms with Gasteiger partial charge in [-0.15, -0.1) is 0 Å². The molecule has 0 aliphatic heterocycles. The Kier molecular flexibility index (Phi) is 19.6. The monoisotopic (exact) mass is 592 g/mol. The number of carboxylic acid groups (broad SMARTS) is 1. The Morgan fingerprint density at radius 3 is 1.54 bits per heavy atom. The van der Waals surface area contributed by atoms with E-state index in [1.54, 1.807) is 0 Å². The van der Waals surface area contributed by atoms with E-state index in [2.05, 4.69) is 26.6 Å². The van der Waals surface area contributed by atoms with Gasteiger partial charge in [-0.05, 0) is 51.6 Å². The molecule has 0 aliphatic carbocycles. The second-order valence-corrected chi connectivity index (χ2v) is 9.08. The van der Waals surface area contributed by atoms with Gasteiger partial charge in [-0.2, -0.15) is 0 Å². The minimum atomic E-state index is -1.58. The summed E-state index contributed by atoms with van der Waals surface area (Å²) in [6.45, 7) is -2.50. The summed E-state index contributed by atoms with van der Waals surface area (Å²) in [5.74, 6) is -5.80. The van der Waals surface area contributed by atoms with Gasteiger partial charge in [0.2, 0.25) is 29.5 Å². The molecule has 41 heavy (non-hydrogen) atoms. The second-order valence-electron chi connectivity index (χ2n) is 9.08. The van der Waals surface area contributed by atoms with Gasteiger partial charge < -0.3 is 64.2 Å². The van der Waals surface area contributed by atoms with E-state index in [0.29, 0.717) is 38.8 Å². The van der Waals surface area contributed by atoms with Crippen LogP contribution >= 0.6 is 0 Å². The number of hydrogen-bond donors (Lipinski definition) is 12. The molecule has 0 radical (unpaired) electrons. The summed E-state index contributed by atoms with van der Waals surface area (Å²) in [6, 6.07) is -6.82. The lowest BCUT2D eigenvalue weighted by molar-refractivity contribution is -0.142. The first-order valence-electron chi connectivity index (χ1n) is 13.1. The largest absolute Gasteiger partial charge is 0.480 e. The van der Waals surface area contributed by atoms with Crippen molar-refractivity contribution in [2.45, 2.75) is 68.7 Å². The maximum Gasteiger partial charge on any atom is 0.326 e. The molecule has 0 heterocycles. The van der Waals surface area contributed by atoms with Gasteiger partial charge >= 0.3 is 5.97 Å². The number of carboxylic acids is 1. The first-order valence-corrected chi connectivity index (χ1v) is 13.1. The van der Waals surface area contributed by atoms with Gasteiger partial charge in [0.25, 0.3) is 0 Å². The maximum absolute atomic E-state index is 12.8. The van der Waals surface area contributed by atoms with Crippen molar-refractivity contribution >= 4 is 35.5 Å². The highest BCUT2D eigenvalue weighted by Crippen LogP contribution is 2.05. The summed E-state index contributed by atoms with van der Waals surface area (Å²) in [6.07, 6.45) is 2.29. The number of unbranched alkanes of at least 4 members (excludes halogenated alkanes) is 2. The lowest BCUT2D eigenvalue weighted by atomic mass is 10.1. The van der Waals surface area contributed by atoms with E-state index in [4.69, 9.17) is 22.3 Å². The zero-order valence-electron chi connectivity index (χ0n) is 22.8. The predicted octanol–water partition coefficient (Wildman–Crippen LogP) is -6.31. The summed E-state index contributed by atoms with van der Waals surface area (Å²) >= 11 is 0. The highest BCUT2D eigenvalue weighted by Gasteiger charge is 2.29. The molecule has 0 saturated carbocycles. The average molecular weight is 593 g/mol. The Balaban J connectivity index is 5.15. The molecular weight excluding hydrogens is 548 g/mol. The van der Waals surface area contributed by atoms with Crippen molar-refractivity contribution < 1.29 is 49.2 Å². The number of hydrogen-bond acceptors (Lipinski definition) is 12. The van der Waals surface area contributed by atoms with Gasteiger partial charge in [0.1, 0.15) is 30.2 Å². The van der Waals surface area contributed by atoms with Gasteiger partial charge in [-0.1, -0.05) is 0 Å². The first kappa shape index (κ1) is 37.6. The molecule has 0 aliphatic rings. The number of carbonyl (C=O) groups is 6. The Bertz CT molecular complexity index is 862. The van der Waals surface area contributed by atoms with E-state index in [-0.39, 0.29) is 12.8 Å². The molecule has 0 bridgehead atoms. The standard InChI is InChI=1S/C23H44N8O10/c24-7-3-1-5-14(21(38)29-15(23(40)41)6-2-4-8-25)28-18(35)9-27-20(37)16(11-33)31-22(39)17(12-34)30-19(36)13(26)10-32/h13-17,32-34H,1-12,24-26H2,(H,27,37)(H,28,35)(H,29,38)(H,30,36)(H,31,39)(H,40,41). The highest BCUT2D eigenvalue weighted by atomic mass is 16.4. The molecule has 18 nitrogen and oxygen atoms in total.